The first-order valence-electron chi connectivity index (χ1n) is 4.70. The number of benzene rings is 1. The average molecular weight is 331 g/mol. The van der Waals surface area contributed by atoms with Crippen molar-refractivity contribution >= 4 is 58.3 Å². The van der Waals surface area contributed by atoms with Crippen molar-refractivity contribution in [2.75, 3.05) is 6.54 Å². The second-order valence-electron chi connectivity index (χ2n) is 3.17. The Morgan fingerprint density at radius 1 is 1.00 bits per heavy atom. The molecule has 0 aliphatic carbocycles. The van der Waals surface area contributed by atoms with Gasteiger partial charge in [-0.05, 0) is 6.92 Å². The molecule has 18 heavy (non-hydrogen) atoms. The van der Waals surface area contributed by atoms with Crippen LogP contribution in [0.2, 0.25) is 20.1 Å². The molecule has 0 fully saturated rings. The molecule has 8 heteroatoms. The third kappa shape index (κ3) is 2.67. The van der Waals surface area contributed by atoms with Crippen molar-refractivity contribution in [2.45, 2.75) is 6.92 Å². The lowest BCUT2D eigenvalue weighted by atomic mass is 10.1. The van der Waals surface area contributed by atoms with Gasteiger partial charge in [-0.3, -0.25) is 4.79 Å². The van der Waals surface area contributed by atoms with Gasteiger partial charge in [-0.15, -0.1) is 0 Å². The minimum atomic E-state index is -1.42. The molecule has 0 bridgehead atoms. The molecule has 98 valence electrons. The van der Waals surface area contributed by atoms with E-state index in [4.69, 9.17) is 51.5 Å². The van der Waals surface area contributed by atoms with Gasteiger partial charge in [-0.1, -0.05) is 46.4 Å². The van der Waals surface area contributed by atoms with E-state index in [1.807, 2.05) is 0 Å². The van der Waals surface area contributed by atoms with Gasteiger partial charge in [-0.25, -0.2) is 4.79 Å². The van der Waals surface area contributed by atoms with E-state index in [1.165, 1.54) is 0 Å². The third-order valence-electron chi connectivity index (χ3n) is 2.05. The Balaban J connectivity index is 3.67. The lowest BCUT2D eigenvalue weighted by Crippen LogP contribution is -2.25. The van der Waals surface area contributed by atoms with Gasteiger partial charge in [0.25, 0.3) is 5.91 Å². The van der Waals surface area contributed by atoms with Gasteiger partial charge in [0.05, 0.1) is 31.2 Å². The van der Waals surface area contributed by atoms with Gasteiger partial charge in [-0.2, -0.15) is 0 Å². The average Bonchev–Trinajstić information content (AvgIpc) is 2.30. The van der Waals surface area contributed by atoms with Crippen LogP contribution in [0.4, 0.5) is 0 Å². The third-order valence-corrected chi connectivity index (χ3v) is 3.85. The van der Waals surface area contributed by atoms with E-state index >= 15 is 0 Å². The van der Waals surface area contributed by atoms with Crippen LogP contribution in [-0.4, -0.2) is 23.5 Å². The van der Waals surface area contributed by atoms with Gasteiger partial charge in [0.15, 0.2) is 0 Å². The van der Waals surface area contributed by atoms with Crippen LogP contribution < -0.4 is 5.32 Å². The molecule has 0 heterocycles. The summed E-state index contributed by atoms with van der Waals surface area (Å²) in [5.41, 5.74) is -0.771. The number of carbonyl (C=O) groups is 2. The van der Waals surface area contributed by atoms with E-state index in [9.17, 15) is 9.59 Å². The van der Waals surface area contributed by atoms with E-state index in [0.29, 0.717) is 6.54 Å². The minimum absolute atomic E-state index is 0.158. The predicted octanol–water partition coefficient (Wildman–Crippen LogP) is 3.75. The van der Waals surface area contributed by atoms with Gasteiger partial charge in [0.1, 0.15) is 0 Å². The molecule has 1 amide bonds. The van der Waals surface area contributed by atoms with Crippen molar-refractivity contribution in [1.82, 2.24) is 5.32 Å². The van der Waals surface area contributed by atoms with E-state index in [1.54, 1.807) is 6.92 Å². The van der Waals surface area contributed by atoms with Crippen LogP contribution in [0.5, 0.6) is 0 Å². The molecule has 0 spiro atoms. The Morgan fingerprint density at radius 2 is 1.44 bits per heavy atom. The molecule has 0 unspecified atom stereocenters. The number of amides is 1. The largest absolute Gasteiger partial charge is 0.478 e. The maximum atomic E-state index is 11.8. The van der Waals surface area contributed by atoms with Crippen molar-refractivity contribution in [3.63, 3.8) is 0 Å². The number of carbonyl (C=O) groups excluding carboxylic acids is 1. The fraction of sp³-hybridized carbons (Fsp3) is 0.200. The lowest BCUT2D eigenvalue weighted by molar-refractivity contribution is 0.0691. The van der Waals surface area contributed by atoms with Crippen LogP contribution in [-0.2, 0) is 0 Å². The molecule has 0 saturated carbocycles. The fourth-order valence-electron chi connectivity index (χ4n) is 1.29. The number of hydrogen-bond acceptors (Lipinski definition) is 2. The summed E-state index contributed by atoms with van der Waals surface area (Å²) in [6.07, 6.45) is 0. The monoisotopic (exact) mass is 329 g/mol. The van der Waals surface area contributed by atoms with Crippen LogP contribution in [0.15, 0.2) is 0 Å². The smallest absolute Gasteiger partial charge is 0.338 e. The van der Waals surface area contributed by atoms with Gasteiger partial charge in [0.2, 0.25) is 0 Å². The summed E-state index contributed by atoms with van der Waals surface area (Å²) in [5, 5.41) is 10.6. The Bertz CT molecular complexity index is 531. The Morgan fingerprint density at radius 3 is 1.83 bits per heavy atom. The maximum absolute atomic E-state index is 11.8. The van der Waals surface area contributed by atoms with Crippen LogP contribution in [0.1, 0.15) is 27.6 Å². The standard InChI is InChI=1S/C10H7Cl4NO3/c1-2-15-9(16)3-4(10(17)18)6(12)8(14)7(13)5(3)11/h2H2,1H3,(H,15,16)(H,17,18). The molecular formula is C10H7Cl4NO3. The molecule has 4 nitrogen and oxygen atoms in total. The molecule has 1 aromatic carbocycles. The zero-order chi connectivity index (χ0) is 14.0. The number of halogens is 4. The molecule has 1 rings (SSSR count). The molecule has 0 aromatic heterocycles. The number of hydrogen-bond donors (Lipinski definition) is 2. The molecule has 0 aliphatic rings. The molecule has 0 aliphatic heterocycles. The summed E-state index contributed by atoms with van der Waals surface area (Å²) >= 11 is 23.2. The summed E-state index contributed by atoms with van der Waals surface area (Å²) in [5.74, 6) is -2.10. The van der Waals surface area contributed by atoms with E-state index in [-0.39, 0.29) is 25.7 Å². The summed E-state index contributed by atoms with van der Waals surface area (Å²) in [7, 11) is 0. The summed E-state index contributed by atoms with van der Waals surface area (Å²) in [6.45, 7) is 1.97. The van der Waals surface area contributed by atoms with Crippen molar-refractivity contribution in [3.05, 3.63) is 31.2 Å². The fourth-order valence-corrected chi connectivity index (χ4v) is 2.31. The van der Waals surface area contributed by atoms with Crippen LogP contribution in [0.25, 0.3) is 0 Å². The minimum Gasteiger partial charge on any atom is -0.478 e. The van der Waals surface area contributed by atoms with Gasteiger partial charge < -0.3 is 10.4 Å². The van der Waals surface area contributed by atoms with Crippen LogP contribution in [0, 0.1) is 0 Å². The zero-order valence-electron chi connectivity index (χ0n) is 8.98. The number of carboxylic acid groups (broad SMARTS) is 1. The van der Waals surface area contributed by atoms with Gasteiger partial charge >= 0.3 is 5.97 Å². The van der Waals surface area contributed by atoms with Crippen molar-refractivity contribution < 1.29 is 14.7 Å². The van der Waals surface area contributed by atoms with E-state index in [2.05, 4.69) is 5.32 Å². The number of carboxylic acids is 1. The Kier molecular flexibility index (Phi) is 5.10. The number of aromatic carboxylic acids is 1. The first-order chi connectivity index (χ1) is 8.32. The van der Waals surface area contributed by atoms with Crippen molar-refractivity contribution in [3.8, 4) is 0 Å². The quantitative estimate of drug-likeness (QED) is 0.655. The van der Waals surface area contributed by atoms with Crippen molar-refractivity contribution in [1.29, 1.82) is 0 Å². The van der Waals surface area contributed by atoms with Crippen LogP contribution in [0.3, 0.4) is 0 Å². The number of rotatable bonds is 3. The second kappa shape index (κ2) is 5.97. The summed E-state index contributed by atoms with van der Waals surface area (Å²) in [6, 6.07) is 0. The first-order valence-corrected chi connectivity index (χ1v) is 6.21. The van der Waals surface area contributed by atoms with Crippen LogP contribution >= 0.6 is 46.4 Å². The SMILES string of the molecule is CCNC(=O)c1c(Cl)c(Cl)c(Cl)c(Cl)c1C(=O)O. The van der Waals surface area contributed by atoms with E-state index in [0.717, 1.165) is 0 Å². The first kappa shape index (κ1) is 15.4. The highest BCUT2D eigenvalue weighted by molar-refractivity contribution is 6.54. The Hall–Kier alpha value is -0.680. The summed E-state index contributed by atoms with van der Waals surface area (Å²) in [4.78, 5) is 22.9. The topological polar surface area (TPSA) is 66.4 Å². The molecular weight excluding hydrogens is 324 g/mol. The highest BCUT2D eigenvalue weighted by atomic mass is 35.5. The molecule has 2 N–H and O–H groups in total. The Labute approximate surface area is 123 Å². The normalized spacial score (nSPS) is 10.3. The highest BCUT2D eigenvalue weighted by Crippen LogP contribution is 2.41. The summed E-state index contributed by atoms with van der Waals surface area (Å²) < 4.78 is 0. The molecule has 0 atom stereocenters. The molecule has 1 aromatic rings. The maximum Gasteiger partial charge on any atom is 0.338 e. The highest BCUT2D eigenvalue weighted by Gasteiger charge is 2.28. The molecule has 0 radical (unpaired) electrons. The predicted molar refractivity (Wildman–Crippen MR) is 71.4 cm³/mol. The van der Waals surface area contributed by atoms with Gasteiger partial charge in [0, 0.05) is 6.54 Å². The van der Waals surface area contributed by atoms with Crippen molar-refractivity contribution in [2.24, 2.45) is 0 Å². The lowest BCUT2D eigenvalue weighted by Gasteiger charge is -2.13. The second-order valence-corrected chi connectivity index (χ2v) is 4.68. The number of nitrogens with one attached hydrogen (secondary N) is 1. The van der Waals surface area contributed by atoms with E-state index < -0.39 is 17.4 Å². The zero-order valence-corrected chi connectivity index (χ0v) is 12.0. The molecule has 0 saturated heterocycles.